The highest BCUT2D eigenvalue weighted by Gasteiger charge is 2.31. The van der Waals surface area contributed by atoms with Gasteiger partial charge in [-0.1, -0.05) is 13.0 Å². The molecule has 0 saturated carbocycles. The van der Waals surface area contributed by atoms with Gasteiger partial charge in [0.05, 0.1) is 0 Å². The summed E-state index contributed by atoms with van der Waals surface area (Å²) in [5.74, 6) is -1.09. The highest BCUT2D eigenvalue weighted by atomic mass is 19.2. The molecule has 2 rings (SSSR count). The van der Waals surface area contributed by atoms with Crippen LogP contribution in [0.5, 0.6) is 0 Å². The van der Waals surface area contributed by atoms with Crippen LogP contribution in [-0.4, -0.2) is 7.05 Å². The van der Waals surface area contributed by atoms with E-state index in [1.54, 1.807) is 6.07 Å². The average Bonchev–Trinajstić information content (AvgIpc) is 2.49. The molecule has 14 heavy (non-hydrogen) atoms. The smallest absolute Gasteiger partial charge is 0.162 e. The topological polar surface area (TPSA) is 12.0 Å². The molecule has 0 spiro atoms. The van der Waals surface area contributed by atoms with Crippen LogP contribution in [0.2, 0.25) is 0 Å². The van der Waals surface area contributed by atoms with E-state index < -0.39 is 11.6 Å². The summed E-state index contributed by atoms with van der Waals surface area (Å²) in [5.41, 5.74) is 1.44. The SMILES string of the molecule is CNC1c2ccc(F)c(F)c2CC1C. The quantitative estimate of drug-likeness (QED) is 0.729. The summed E-state index contributed by atoms with van der Waals surface area (Å²) in [6.45, 7) is 2.04. The molecule has 76 valence electrons. The van der Waals surface area contributed by atoms with Crippen LogP contribution in [0.3, 0.4) is 0 Å². The van der Waals surface area contributed by atoms with Crippen LogP contribution in [0.4, 0.5) is 8.78 Å². The standard InChI is InChI=1S/C11H13F2N/c1-6-5-8-7(11(6)14-2)3-4-9(12)10(8)13/h3-4,6,11,14H,5H2,1-2H3. The van der Waals surface area contributed by atoms with Gasteiger partial charge < -0.3 is 5.32 Å². The van der Waals surface area contributed by atoms with Gasteiger partial charge in [-0.3, -0.25) is 0 Å². The van der Waals surface area contributed by atoms with Gasteiger partial charge in [-0.15, -0.1) is 0 Å². The van der Waals surface area contributed by atoms with E-state index in [0.29, 0.717) is 17.9 Å². The first-order valence-corrected chi connectivity index (χ1v) is 4.79. The first-order valence-electron chi connectivity index (χ1n) is 4.79. The summed E-state index contributed by atoms with van der Waals surface area (Å²) in [6, 6.07) is 3.04. The van der Waals surface area contributed by atoms with Crippen LogP contribution in [0.1, 0.15) is 24.1 Å². The Bertz CT molecular complexity index is 363. The van der Waals surface area contributed by atoms with Gasteiger partial charge in [0.2, 0.25) is 0 Å². The van der Waals surface area contributed by atoms with Crippen molar-refractivity contribution in [2.75, 3.05) is 7.05 Å². The molecule has 2 atom stereocenters. The van der Waals surface area contributed by atoms with E-state index in [1.807, 2.05) is 14.0 Å². The van der Waals surface area contributed by atoms with Crippen LogP contribution in [-0.2, 0) is 6.42 Å². The maximum absolute atomic E-state index is 13.4. The van der Waals surface area contributed by atoms with Crippen LogP contribution in [0, 0.1) is 17.6 Å². The van der Waals surface area contributed by atoms with Crippen molar-refractivity contribution in [2.24, 2.45) is 5.92 Å². The van der Waals surface area contributed by atoms with E-state index in [-0.39, 0.29) is 6.04 Å². The average molecular weight is 197 g/mol. The summed E-state index contributed by atoms with van der Waals surface area (Å²) >= 11 is 0. The Labute approximate surface area is 82.1 Å². The molecule has 3 heteroatoms. The predicted octanol–water partition coefficient (Wildman–Crippen LogP) is 2.42. The van der Waals surface area contributed by atoms with Crippen molar-refractivity contribution in [1.29, 1.82) is 0 Å². The summed E-state index contributed by atoms with van der Waals surface area (Å²) < 4.78 is 26.3. The fourth-order valence-electron chi connectivity index (χ4n) is 2.29. The molecule has 1 aliphatic rings. The van der Waals surface area contributed by atoms with Crippen LogP contribution in [0.15, 0.2) is 12.1 Å². The molecule has 1 nitrogen and oxygen atoms in total. The normalized spacial score (nSPS) is 25.1. The maximum Gasteiger partial charge on any atom is 0.162 e. The van der Waals surface area contributed by atoms with Gasteiger partial charge in [0, 0.05) is 6.04 Å². The number of fused-ring (bicyclic) bond motifs is 1. The van der Waals surface area contributed by atoms with E-state index in [0.717, 1.165) is 5.56 Å². The summed E-state index contributed by atoms with van der Waals surface area (Å²) in [7, 11) is 1.84. The highest BCUT2D eigenvalue weighted by molar-refractivity contribution is 5.37. The molecule has 0 heterocycles. The van der Waals surface area contributed by atoms with Crippen molar-refractivity contribution in [2.45, 2.75) is 19.4 Å². The molecule has 1 N–H and O–H groups in total. The fraction of sp³-hybridized carbons (Fsp3) is 0.455. The molecule has 0 bridgehead atoms. The molecule has 0 fully saturated rings. The second kappa shape index (κ2) is 3.31. The van der Waals surface area contributed by atoms with Gasteiger partial charge in [0.15, 0.2) is 11.6 Å². The summed E-state index contributed by atoms with van der Waals surface area (Å²) in [4.78, 5) is 0. The Kier molecular flexibility index (Phi) is 2.27. The minimum Gasteiger partial charge on any atom is -0.313 e. The molecule has 0 aromatic heterocycles. The lowest BCUT2D eigenvalue weighted by Crippen LogP contribution is -2.19. The number of hydrogen-bond acceptors (Lipinski definition) is 1. The van der Waals surface area contributed by atoms with Crippen molar-refractivity contribution in [3.05, 3.63) is 34.9 Å². The zero-order valence-corrected chi connectivity index (χ0v) is 8.27. The Morgan fingerprint density at radius 1 is 1.36 bits per heavy atom. The van der Waals surface area contributed by atoms with Gasteiger partial charge in [0.25, 0.3) is 0 Å². The lowest BCUT2D eigenvalue weighted by Gasteiger charge is -2.15. The number of benzene rings is 1. The molecule has 0 radical (unpaired) electrons. The van der Waals surface area contributed by atoms with Crippen molar-refractivity contribution in [3.63, 3.8) is 0 Å². The predicted molar refractivity (Wildman–Crippen MR) is 51.0 cm³/mol. The number of nitrogens with one attached hydrogen (secondary N) is 1. The monoisotopic (exact) mass is 197 g/mol. The van der Waals surface area contributed by atoms with Gasteiger partial charge in [-0.25, -0.2) is 8.78 Å². The van der Waals surface area contributed by atoms with Crippen LogP contribution in [0.25, 0.3) is 0 Å². The zero-order chi connectivity index (χ0) is 10.3. The molecular formula is C11H13F2N. The lowest BCUT2D eigenvalue weighted by molar-refractivity contribution is 0.444. The molecule has 1 aromatic carbocycles. The van der Waals surface area contributed by atoms with Gasteiger partial charge in [-0.2, -0.15) is 0 Å². The summed E-state index contributed by atoms with van der Waals surface area (Å²) in [5, 5.41) is 3.13. The molecule has 1 aromatic rings. The second-order valence-electron chi connectivity index (χ2n) is 3.88. The maximum atomic E-state index is 13.4. The molecular weight excluding hydrogens is 184 g/mol. The van der Waals surface area contributed by atoms with E-state index in [9.17, 15) is 8.78 Å². The molecule has 0 saturated heterocycles. The number of hydrogen-bond donors (Lipinski definition) is 1. The minimum absolute atomic E-state index is 0.153. The first-order chi connectivity index (χ1) is 6.65. The van der Waals surface area contributed by atoms with Crippen LogP contribution < -0.4 is 5.32 Å². The second-order valence-corrected chi connectivity index (χ2v) is 3.88. The summed E-state index contributed by atoms with van der Waals surface area (Å²) in [6.07, 6.45) is 0.616. The Morgan fingerprint density at radius 3 is 2.71 bits per heavy atom. The van der Waals surface area contributed by atoms with Gasteiger partial charge >= 0.3 is 0 Å². The third-order valence-electron chi connectivity index (χ3n) is 2.97. The molecule has 0 amide bonds. The number of rotatable bonds is 1. The van der Waals surface area contributed by atoms with E-state index >= 15 is 0 Å². The third kappa shape index (κ3) is 1.23. The fourth-order valence-corrected chi connectivity index (χ4v) is 2.29. The number of halogens is 2. The Balaban J connectivity index is 2.52. The molecule has 0 aliphatic heterocycles. The minimum atomic E-state index is -0.743. The van der Waals surface area contributed by atoms with Gasteiger partial charge in [-0.05, 0) is 36.6 Å². The van der Waals surface area contributed by atoms with Crippen molar-refractivity contribution >= 4 is 0 Å². The van der Waals surface area contributed by atoms with Crippen molar-refractivity contribution < 1.29 is 8.78 Å². The van der Waals surface area contributed by atoms with Crippen molar-refractivity contribution in [3.8, 4) is 0 Å². The first kappa shape index (κ1) is 9.59. The Morgan fingerprint density at radius 2 is 2.07 bits per heavy atom. The van der Waals surface area contributed by atoms with E-state index in [4.69, 9.17) is 0 Å². The molecule has 2 unspecified atom stereocenters. The van der Waals surface area contributed by atoms with Crippen molar-refractivity contribution in [1.82, 2.24) is 5.32 Å². The van der Waals surface area contributed by atoms with E-state index in [2.05, 4.69) is 5.32 Å². The van der Waals surface area contributed by atoms with E-state index in [1.165, 1.54) is 6.07 Å². The highest BCUT2D eigenvalue weighted by Crippen LogP contribution is 2.37. The van der Waals surface area contributed by atoms with Crippen LogP contribution >= 0.6 is 0 Å². The van der Waals surface area contributed by atoms with Gasteiger partial charge in [0.1, 0.15) is 0 Å². The molecule has 1 aliphatic carbocycles. The lowest BCUT2D eigenvalue weighted by atomic mass is 10.0. The Hall–Kier alpha value is -0.960. The largest absolute Gasteiger partial charge is 0.313 e. The zero-order valence-electron chi connectivity index (χ0n) is 8.27. The third-order valence-corrected chi connectivity index (χ3v) is 2.97.